The monoisotopic (exact) mass is 452 g/mol. The summed E-state index contributed by atoms with van der Waals surface area (Å²) < 4.78 is 16.9. The number of methoxy groups -OCH3 is 3. The molecule has 8 nitrogen and oxygen atoms in total. The number of allylic oxidation sites excluding steroid dienone is 1. The standard InChI is InChI=1S/C25H28N2O6/c1-15-13-18(16(2)27(15)21-10-8-7-9-19(21)24(29)32-5)14-20-22(25(30)33-6)17(3)26(23(20)28)11-12-31-4/h7-10,13-14H,11-12H2,1-6H3/b20-14-. The van der Waals surface area contributed by atoms with Gasteiger partial charge in [-0.1, -0.05) is 12.1 Å². The van der Waals surface area contributed by atoms with Gasteiger partial charge in [-0.2, -0.15) is 0 Å². The van der Waals surface area contributed by atoms with Gasteiger partial charge in [0.05, 0.1) is 43.2 Å². The number of rotatable bonds is 7. The van der Waals surface area contributed by atoms with E-state index >= 15 is 0 Å². The molecule has 0 saturated carbocycles. The Morgan fingerprint density at radius 2 is 1.67 bits per heavy atom. The van der Waals surface area contributed by atoms with E-state index in [2.05, 4.69) is 0 Å². The lowest BCUT2D eigenvalue weighted by Crippen LogP contribution is -2.28. The molecule has 0 radical (unpaired) electrons. The van der Waals surface area contributed by atoms with Crippen LogP contribution in [0.1, 0.15) is 34.2 Å². The van der Waals surface area contributed by atoms with Gasteiger partial charge in [0.25, 0.3) is 5.91 Å². The number of carbonyl (C=O) groups is 3. The summed E-state index contributed by atoms with van der Waals surface area (Å²) >= 11 is 0. The van der Waals surface area contributed by atoms with E-state index in [1.165, 1.54) is 19.1 Å². The van der Waals surface area contributed by atoms with Gasteiger partial charge < -0.3 is 23.7 Å². The molecular weight excluding hydrogens is 424 g/mol. The number of ether oxygens (including phenoxy) is 3. The van der Waals surface area contributed by atoms with Gasteiger partial charge in [-0.15, -0.1) is 0 Å². The number of esters is 2. The zero-order valence-corrected chi connectivity index (χ0v) is 19.7. The minimum absolute atomic E-state index is 0.235. The van der Waals surface area contributed by atoms with E-state index in [9.17, 15) is 14.4 Å². The van der Waals surface area contributed by atoms with Gasteiger partial charge in [-0.3, -0.25) is 4.79 Å². The van der Waals surface area contributed by atoms with Gasteiger partial charge in [0.2, 0.25) is 0 Å². The SMILES string of the molecule is COCCN1C(=O)/C(=C\c2cc(C)n(-c3ccccc3C(=O)OC)c2C)C(C(=O)OC)=C1C. The van der Waals surface area contributed by atoms with Crippen LogP contribution in [-0.4, -0.2) is 61.8 Å². The van der Waals surface area contributed by atoms with Gasteiger partial charge in [0, 0.05) is 30.7 Å². The second kappa shape index (κ2) is 9.87. The van der Waals surface area contributed by atoms with Gasteiger partial charge in [0.1, 0.15) is 0 Å². The second-order valence-electron chi connectivity index (χ2n) is 7.63. The Labute approximate surface area is 193 Å². The molecule has 174 valence electrons. The summed E-state index contributed by atoms with van der Waals surface area (Å²) in [6, 6.07) is 9.06. The van der Waals surface area contributed by atoms with E-state index in [0.717, 1.165) is 17.0 Å². The molecule has 8 heteroatoms. The average molecular weight is 453 g/mol. The molecule has 1 aliphatic heterocycles. The second-order valence-corrected chi connectivity index (χ2v) is 7.63. The van der Waals surface area contributed by atoms with Gasteiger partial charge >= 0.3 is 11.9 Å². The molecule has 2 aromatic rings. The molecule has 3 rings (SSSR count). The quantitative estimate of drug-likeness (QED) is 0.474. The largest absolute Gasteiger partial charge is 0.465 e. The molecule has 33 heavy (non-hydrogen) atoms. The molecule has 0 unspecified atom stereocenters. The highest BCUT2D eigenvalue weighted by molar-refractivity contribution is 6.16. The van der Waals surface area contributed by atoms with Crippen molar-refractivity contribution in [1.82, 2.24) is 9.47 Å². The van der Waals surface area contributed by atoms with E-state index in [-0.39, 0.29) is 17.1 Å². The summed E-state index contributed by atoms with van der Waals surface area (Å²) in [6.07, 6.45) is 1.70. The van der Waals surface area contributed by atoms with Crippen molar-refractivity contribution >= 4 is 23.9 Å². The first kappa shape index (κ1) is 24.0. The van der Waals surface area contributed by atoms with Crippen molar-refractivity contribution in [3.05, 3.63) is 69.7 Å². The van der Waals surface area contributed by atoms with Crippen molar-refractivity contribution in [2.24, 2.45) is 0 Å². The van der Waals surface area contributed by atoms with Crippen molar-refractivity contribution in [1.29, 1.82) is 0 Å². The molecule has 0 N–H and O–H groups in total. The summed E-state index contributed by atoms with van der Waals surface area (Å²) in [4.78, 5) is 39.6. The van der Waals surface area contributed by atoms with E-state index in [4.69, 9.17) is 14.2 Å². The van der Waals surface area contributed by atoms with Crippen LogP contribution in [0.4, 0.5) is 0 Å². The Morgan fingerprint density at radius 1 is 1.00 bits per heavy atom. The molecule has 1 aromatic heterocycles. The van der Waals surface area contributed by atoms with Crippen LogP contribution in [0.25, 0.3) is 11.8 Å². The Bertz CT molecular complexity index is 1170. The fraction of sp³-hybridized carbons (Fsp3) is 0.320. The predicted octanol–water partition coefficient (Wildman–Crippen LogP) is 3.20. The maximum absolute atomic E-state index is 13.2. The number of benzene rings is 1. The van der Waals surface area contributed by atoms with Crippen LogP contribution in [0.5, 0.6) is 0 Å². The normalized spacial score (nSPS) is 14.9. The minimum atomic E-state index is -0.572. The van der Waals surface area contributed by atoms with Crippen LogP contribution in [-0.2, 0) is 23.8 Å². The third-order valence-corrected chi connectivity index (χ3v) is 5.74. The van der Waals surface area contributed by atoms with Crippen LogP contribution in [0.2, 0.25) is 0 Å². The first-order chi connectivity index (χ1) is 15.8. The summed E-state index contributed by atoms with van der Waals surface area (Å²) in [6.45, 7) is 6.18. The summed E-state index contributed by atoms with van der Waals surface area (Å²) in [5.41, 5.74) is 4.53. The third kappa shape index (κ3) is 4.34. The molecule has 0 atom stereocenters. The maximum atomic E-state index is 13.2. The smallest absolute Gasteiger partial charge is 0.340 e. The van der Waals surface area contributed by atoms with Crippen molar-refractivity contribution in [3.8, 4) is 5.69 Å². The zero-order chi connectivity index (χ0) is 24.3. The minimum Gasteiger partial charge on any atom is -0.465 e. The van der Waals surface area contributed by atoms with E-state index < -0.39 is 11.9 Å². The van der Waals surface area contributed by atoms with E-state index in [1.54, 1.807) is 32.2 Å². The lowest BCUT2D eigenvalue weighted by atomic mass is 10.0. The van der Waals surface area contributed by atoms with Gasteiger partial charge in [-0.05, 0) is 50.6 Å². The number of hydrogen-bond acceptors (Lipinski definition) is 6. The number of amides is 1. The van der Waals surface area contributed by atoms with Crippen LogP contribution >= 0.6 is 0 Å². The summed E-state index contributed by atoms with van der Waals surface area (Å²) in [5, 5.41) is 0. The van der Waals surface area contributed by atoms with Crippen molar-refractivity contribution in [2.75, 3.05) is 34.5 Å². The van der Waals surface area contributed by atoms with E-state index in [0.29, 0.717) is 30.1 Å². The number of aromatic nitrogens is 1. The Balaban J connectivity index is 2.14. The van der Waals surface area contributed by atoms with Crippen LogP contribution in [0.3, 0.4) is 0 Å². The fourth-order valence-corrected chi connectivity index (χ4v) is 4.09. The molecule has 2 heterocycles. The number of aryl methyl sites for hydroxylation is 1. The number of carbonyl (C=O) groups excluding carboxylic acids is 3. The van der Waals surface area contributed by atoms with Crippen LogP contribution in [0, 0.1) is 13.8 Å². The average Bonchev–Trinajstić information content (AvgIpc) is 3.22. The summed E-state index contributed by atoms with van der Waals surface area (Å²) in [5.74, 6) is -1.30. The number of hydrogen-bond donors (Lipinski definition) is 0. The third-order valence-electron chi connectivity index (χ3n) is 5.74. The molecular formula is C25H28N2O6. The maximum Gasteiger partial charge on any atom is 0.340 e. The highest BCUT2D eigenvalue weighted by atomic mass is 16.5. The fourth-order valence-electron chi connectivity index (χ4n) is 4.09. The lowest BCUT2D eigenvalue weighted by molar-refractivity contribution is -0.136. The van der Waals surface area contributed by atoms with Crippen LogP contribution < -0.4 is 0 Å². The van der Waals surface area contributed by atoms with Gasteiger partial charge in [0.15, 0.2) is 0 Å². The molecule has 0 fully saturated rings. The molecule has 0 saturated heterocycles. The predicted molar refractivity (Wildman–Crippen MR) is 123 cm³/mol. The molecule has 0 spiro atoms. The molecule has 1 aromatic carbocycles. The summed E-state index contributed by atoms with van der Waals surface area (Å²) in [7, 11) is 4.19. The molecule has 0 bridgehead atoms. The van der Waals surface area contributed by atoms with Crippen molar-refractivity contribution in [2.45, 2.75) is 20.8 Å². The highest BCUT2D eigenvalue weighted by Crippen LogP contribution is 2.33. The molecule has 0 aliphatic carbocycles. The Morgan fingerprint density at radius 3 is 2.30 bits per heavy atom. The first-order valence-corrected chi connectivity index (χ1v) is 10.5. The molecule has 1 amide bonds. The Kier molecular flexibility index (Phi) is 7.18. The molecule has 1 aliphatic rings. The highest BCUT2D eigenvalue weighted by Gasteiger charge is 2.37. The van der Waals surface area contributed by atoms with Crippen molar-refractivity contribution in [3.63, 3.8) is 0 Å². The van der Waals surface area contributed by atoms with Crippen molar-refractivity contribution < 1.29 is 28.6 Å². The van der Waals surface area contributed by atoms with E-state index in [1.807, 2.05) is 36.6 Å². The first-order valence-electron chi connectivity index (χ1n) is 10.5. The lowest BCUT2D eigenvalue weighted by Gasteiger charge is -2.16. The van der Waals surface area contributed by atoms with Crippen LogP contribution in [0.15, 0.2) is 47.2 Å². The number of para-hydroxylation sites is 1. The van der Waals surface area contributed by atoms with Gasteiger partial charge in [-0.25, -0.2) is 9.59 Å². The Hall–Kier alpha value is -3.65. The topological polar surface area (TPSA) is 87.1 Å². The zero-order valence-electron chi connectivity index (χ0n) is 19.7. The number of nitrogens with zero attached hydrogens (tertiary/aromatic N) is 2.